The van der Waals surface area contributed by atoms with Crippen LogP contribution in [0.1, 0.15) is 41.8 Å². The fourth-order valence-corrected chi connectivity index (χ4v) is 1.58. The standard InChI is InChI=1S/C10H10O.C3H9B.C2H6/c1-7-2-4-9-8(6-7)3-5-10(9)11;1-4(2)3;1-2/h2,4,6H,3,5H2,1H3;1-3H3;1-2H3. The number of Topliss-reactive ketones (excluding diaryl/α,β-unsaturated/α-hetero) is 1. The van der Waals surface area contributed by atoms with Gasteiger partial charge in [0.25, 0.3) is 0 Å². The third kappa shape index (κ3) is 5.72. The summed E-state index contributed by atoms with van der Waals surface area (Å²) in [4.78, 5) is 11.2. The van der Waals surface area contributed by atoms with E-state index in [1.165, 1.54) is 11.1 Å². The van der Waals surface area contributed by atoms with E-state index in [1.54, 1.807) is 0 Å². The van der Waals surface area contributed by atoms with E-state index in [4.69, 9.17) is 0 Å². The van der Waals surface area contributed by atoms with Crippen LogP contribution in [0.15, 0.2) is 18.2 Å². The van der Waals surface area contributed by atoms with Gasteiger partial charge in [-0.15, -0.1) is 0 Å². The first-order valence-corrected chi connectivity index (χ1v) is 6.63. The zero-order valence-corrected chi connectivity index (χ0v) is 12.1. The van der Waals surface area contributed by atoms with E-state index in [0.29, 0.717) is 12.2 Å². The summed E-state index contributed by atoms with van der Waals surface area (Å²) in [6.07, 6.45) is 1.65. The summed E-state index contributed by atoms with van der Waals surface area (Å²) in [6, 6.07) is 6.06. The van der Waals surface area contributed by atoms with Crippen molar-refractivity contribution in [3.05, 3.63) is 34.9 Å². The van der Waals surface area contributed by atoms with Crippen molar-refractivity contribution in [3.63, 3.8) is 0 Å². The zero-order chi connectivity index (χ0) is 13.4. The second-order valence-electron chi connectivity index (χ2n) is 4.82. The van der Waals surface area contributed by atoms with Crippen LogP contribution in [0.5, 0.6) is 0 Å². The minimum absolute atomic E-state index is 0.306. The lowest BCUT2D eigenvalue weighted by atomic mass is 9.58. The van der Waals surface area contributed by atoms with Crippen molar-refractivity contribution in [2.24, 2.45) is 0 Å². The van der Waals surface area contributed by atoms with Gasteiger partial charge in [-0.1, -0.05) is 58.1 Å². The van der Waals surface area contributed by atoms with Gasteiger partial charge in [-0.25, -0.2) is 0 Å². The molecule has 0 radical (unpaired) electrons. The Labute approximate surface area is 107 Å². The van der Waals surface area contributed by atoms with Gasteiger partial charge in [0.2, 0.25) is 0 Å². The topological polar surface area (TPSA) is 17.1 Å². The lowest BCUT2D eigenvalue weighted by Crippen LogP contribution is -1.90. The second kappa shape index (κ2) is 8.11. The van der Waals surface area contributed by atoms with E-state index in [9.17, 15) is 4.79 Å². The van der Waals surface area contributed by atoms with Crippen LogP contribution in [-0.2, 0) is 6.42 Å². The fourth-order valence-electron chi connectivity index (χ4n) is 1.58. The van der Waals surface area contributed by atoms with Crippen LogP contribution in [0.25, 0.3) is 0 Å². The van der Waals surface area contributed by atoms with Gasteiger partial charge >= 0.3 is 0 Å². The van der Waals surface area contributed by atoms with Crippen LogP contribution >= 0.6 is 0 Å². The average Bonchev–Trinajstić information content (AvgIpc) is 2.62. The number of carbonyl (C=O) groups is 1. The lowest BCUT2D eigenvalue weighted by Gasteiger charge is -1.97. The molecule has 0 aliphatic heterocycles. The molecule has 2 rings (SSSR count). The summed E-state index contributed by atoms with van der Waals surface area (Å²) in [6.45, 7) is 13.4. The van der Waals surface area contributed by atoms with E-state index in [0.717, 1.165) is 18.7 Å². The Morgan fingerprint density at radius 2 is 1.59 bits per heavy atom. The molecule has 1 aromatic rings. The van der Waals surface area contributed by atoms with E-state index < -0.39 is 0 Å². The molecule has 0 unspecified atom stereocenters. The molecule has 0 heterocycles. The Morgan fingerprint density at radius 3 is 2.12 bits per heavy atom. The van der Waals surface area contributed by atoms with Crippen LogP contribution < -0.4 is 0 Å². The number of fused-ring (bicyclic) bond motifs is 1. The molecule has 0 fully saturated rings. The number of rotatable bonds is 0. The molecule has 0 saturated carbocycles. The fraction of sp³-hybridized carbons (Fsp3) is 0.533. The molecule has 1 aromatic carbocycles. The highest BCUT2D eigenvalue weighted by atomic mass is 16.1. The molecule has 94 valence electrons. The summed E-state index contributed by atoms with van der Waals surface area (Å²) in [5.41, 5.74) is 3.42. The van der Waals surface area contributed by atoms with Crippen LogP contribution in [-0.4, -0.2) is 12.5 Å². The smallest absolute Gasteiger partial charge is 0.163 e. The molecule has 1 aliphatic carbocycles. The van der Waals surface area contributed by atoms with E-state index in [2.05, 4.69) is 33.5 Å². The maximum atomic E-state index is 11.2. The number of ketones is 1. The summed E-state index contributed by atoms with van der Waals surface area (Å²) >= 11 is 0. The van der Waals surface area contributed by atoms with E-state index in [1.807, 2.05) is 26.0 Å². The number of hydrogen-bond donors (Lipinski definition) is 0. The molecule has 0 N–H and O–H groups in total. The molecule has 0 saturated heterocycles. The first-order chi connectivity index (χ1) is 8.00. The number of benzene rings is 1. The highest BCUT2D eigenvalue weighted by molar-refractivity contribution is 6.54. The van der Waals surface area contributed by atoms with Crippen molar-refractivity contribution in [2.75, 3.05) is 0 Å². The van der Waals surface area contributed by atoms with Gasteiger partial charge in [0.1, 0.15) is 6.71 Å². The Balaban J connectivity index is 0.000000368. The molecule has 17 heavy (non-hydrogen) atoms. The summed E-state index contributed by atoms with van der Waals surface area (Å²) in [5, 5.41) is 0. The first kappa shape index (κ1) is 16.0. The number of aryl methyl sites for hydroxylation is 2. The normalized spacial score (nSPS) is 11.8. The lowest BCUT2D eigenvalue weighted by molar-refractivity contribution is 0.0994. The predicted molar refractivity (Wildman–Crippen MR) is 78.5 cm³/mol. The van der Waals surface area contributed by atoms with Gasteiger partial charge in [0.05, 0.1) is 0 Å². The van der Waals surface area contributed by atoms with Crippen LogP contribution in [0.2, 0.25) is 20.5 Å². The largest absolute Gasteiger partial charge is 0.294 e. The maximum absolute atomic E-state index is 11.2. The Bertz CT molecular complexity index is 353. The molecule has 0 aromatic heterocycles. The highest BCUT2D eigenvalue weighted by Crippen LogP contribution is 2.22. The SMILES string of the molecule is CB(C)C.CC.Cc1ccc2c(c1)CCC2=O. The third-order valence-electron chi connectivity index (χ3n) is 2.18. The van der Waals surface area contributed by atoms with Crippen molar-refractivity contribution >= 4 is 12.5 Å². The molecule has 1 aliphatic rings. The average molecular weight is 232 g/mol. The van der Waals surface area contributed by atoms with Crippen LogP contribution in [0.4, 0.5) is 0 Å². The van der Waals surface area contributed by atoms with Gasteiger partial charge in [-0.3, -0.25) is 4.79 Å². The second-order valence-corrected chi connectivity index (χ2v) is 4.82. The third-order valence-corrected chi connectivity index (χ3v) is 2.18. The number of carbonyl (C=O) groups excluding carboxylic acids is 1. The van der Waals surface area contributed by atoms with Gasteiger partial charge in [0, 0.05) is 12.0 Å². The molecule has 1 nitrogen and oxygen atoms in total. The Kier molecular flexibility index (Phi) is 7.61. The molecule has 2 heteroatoms. The molecule has 0 bridgehead atoms. The zero-order valence-electron chi connectivity index (χ0n) is 12.1. The quantitative estimate of drug-likeness (QED) is 0.601. The van der Waals surface area contributed by atoms with Crippen molar-refractivity contribution < 1.29 is 4.79 Å². The van der Waals surface area contributed by atoms with Crippen molar-refractivity contribution in [1.29, 1.82) is 0 Å². The predicted octanol–water partition coefficient (Wildman–Crippen LogP) is 4.52. The Hall–Kier alpha value is -1.05. The van der Waals surface area contributed by atoms with Crippen LogP contribution in [0.3, 0.4) is 0 Å². The monoisotopic (exact) mass is 232 g/mol. The molecule has 0 amide bonds. The van der Waals surface area contributed by atoms with Gasteiger partial charge in [-0.2, -0.15) is 0 Å². The van der Waals surface area contributed by atoms with Gasteiger partial charge < -0.3 is 0 Å². The minimum atomic E-state index is 0.306. The van der Waals surface area contributed by atoms with E-state index >= 15 is 0 Å². The first-order valence-electron chi connectivity index (χ1n) is 6.63. The highest BCUT2D eigenvalue weighted by Gasteiger charge is 2.18. The molecular formula is C15H25BO. The molecule has 0 spiro atoms. The Morgan fingerprint density at radius 1 is 1.06 bits per heavy atom. The summed E-state index contributed by atoms with van der Waals surface area (Å²) in [7, 11) is 0. The van der Waals surface area contributed by atoms with Gasteiger partial charge in [-0.05, 0) is 18.9 Å². The minimum Gasteiger partial charge on any atom is -0.294 e. The van der Waals surface area contributed by atoms with Crippen molar-refractivity contribution in [2.45, 2.75) is 54.1 Å². The summed E-state index contributed by atoms with van der Waals surface area (Å²) in [5.74, 6) is 0.306. The van der Waals surface area contributed by atoms with Crippen molar-refractivity contribution in [1.82, 2.24) is 0 Å². The van der Waals surface area contributed by atoms with Crippen LogP contribution in [0, 0.1) is 6.92 Å². The van der Waals surface area contributed by atoms with E-state index in [-0.39, 0.29) is 0 Å². The summed E-state index contributed by atoms with van der Waals surface area (Å²) < 4.78 is 0. The van der Waals surface area contributed by atoms with Crippen molar-refractivity contribution in [3.8, 4) is 0 Å². The molecular weight excluding hydrogens is 207 g/mol. The maximum Gasteiger partial charge on any atom is 0.163 e. The van der Waals surface area contributed by atoms with Gasteiger partial charge in [0.15, 0.2) is 5.78 Å². The number of hydrogen-bond acceptors (Lipinski definition) is 1. The molecule has 0 atom stereocenters.